The van der Waals surface area contributed by atoms with Gasteiger partial charge in [-0.05, 0) is 42.0 Å². The van der Waals surface area contributed by atoms with Gasteiger partial charge in [0.05, 0.1) is 12.8 Å². The summed E-state index contributed by atoms with van der Waals surface area (Å²) in [5.41, 5.74) is 3.06. The number of thiazole rings is 1. The molecule has 0 aliphatic carbocycles. The number of methoxy groups -OCH3 is 1. The first-order valence-corrected chi connectivity index (χ1v) is 12.9. The van der Waals surface area contributed by atoms with Gasteiger partial charge in [0.1, 0.15) is 5.75 Å². The van der Waals surface area contributed by atoms with Crippen LogP contribution in [0.25, 0.3) is 11.3 Å². The second-order valence-corrected chi connectivity index (χ2v) is 9.80. The Bertz CT molecular complexity index is 1010. The largest absolute Gasteiger partial charge is 0.496 e. The van der Waals surface area contributed by atoms with Crippen molar-refractivity contribution in [3.8, 4) is 17.0 Å². The maximum Gasteiger partial charge on any atom is 0.323 e. The van der Waals surface area contributed by atoms with Gasteiger partial charge in [0.15, 0.2) is 5.13 Å². The summed E-state index contributed by atoms with van der Waals surface area (Å²) in [5.74, 6) is 0.798. The molecular formula is C24H30N4O2S2. The highest BCUT2D eigenvalue weighted by Crippen LogP contribution is 2.33. The van der Waals surface area contributed by atoms with E-state index in [1.165, 1.54) is 21.8 Å². The average molecular weight is 471 g/mol. The first-order chi connectivity index (χ1) is 15.7. The van der Waals surface area contributed by atoms with Gasteiger partial charge in [-0.15, -0.1) is 22.7 Å². The number of anilines is 1. The molecule has 0 saturated carbocycles. The standard InChI is InChI=1S/C24H30N4O2S2/c1-3-5-18-7-8-22(30-2)20(16-18)21-17-32-23(25-21)26-24(29)28-13-11-27(12-14-28)10-9-19-6-4-15-31-19/h4,6-8,15-17H,3,5,9-14H2,1-2H3,(H,25,26,29). The van der Waals surface area contributed by atoms with Gasteiger partial charge in [-0.3, -0.25) is 10.2 Å². The maximum atomic E-state index is 12.8. The number of hydrogen-bond donors (Lipinski definition) is 1. The van der Waals surface area contributed by atoms with Crippen molar-refractivity contribution < 1.29 is 9.53 Å². The molecule has 2 aromatic heterocycles. The van der Waals surface area contributed by atoms with E-state index >= 15 is 0 Å². The molecule has 6 nitrogen and oxygen atoms in total. The lowest BCUT2D eigenvalue weighted by molar-refractivity contribution is 0.148. The molecule has 170 valence electrons. The van der Waals surface area contributed by atoms with Crippen LogP contribution < -0.4 is 10.1 Å². The summed E-state index contributed by atoms with van der Waals surface area (Å²) in [6.45, 7) is 6.50. The number of urea groups is 1. The number of carbonyl (C=O) groups is 1. The molecule has 3 aromatic rings. The molecule has 1 aliphatic rings. The highest BCUT2D eigenvalue weighted by Gasteiger charge is 2.22. The van der Waals surface area contributed by atoms with Gasteiger partial charge in [0, 0.05) is 48.5 Å². The van der Waals surface area contributed by atoms with Crippen molar-refractivity contribution in [1.29, 1.82) is 0 Å². The molecule has 1 N–H and O–H groups in total. The summed E-state index contributed by atoms with van der Waals surface area (Å²) in [6, 6.07) is 10.4. The fraction of sp³-hybridized carbons (Fsp3) is 0.417. The SMILES string of the molecule is CCCc1ccc(OC)c(-c2csc(NC(=O)N3CCN(CCc4cccs4)CC3)n2)c1. The van der Waals surface area contributed by atoms with Gasteiger partial charge in [0.2, 0.25) is 0 Å². The van der Waals surface area contributed by atoms with Crippen LogP contribution in [0.3, 0.4) is 0 Å². The fourth-order valence-corrected chi connectivity index (χ4v) is 5.32. The number of benzene rings is 1. The zero-order valence-electron chi connectivity index (χ0n) is 18.7. The van der Waals surface area contributed by atoms with Gasteiger partial charge in [0.25, 0.3) is 0 Å². The van der Waals surface area contributed by atoms with Gasteiger partial charge in [-0.1, -0.05) is 25.5 Å². The van der Waals surface area contributed by atoms with E-state index in [4.69, 9.17) is 4.74 Å². The number of ether oxygens (including phenoxy) is 1. The highest BCUT2D eigenvalue weighted by molar-refractivity contribution is 7.14. The predicted octanol–water partition coefficient (Wildman–Crippen LogP) is 5.22. The molecule has 1 saturated heterocycles. The number of piperazine rings is 1. The maximum absolute atomic E-state index is 12.8. The number of thiophene rings is 1. The minimum Gasteiger partial charge on any atom is -0.496 e. The number of amides is 2. The third-order valence-corrected chi connectivity index (χ3v) is 7.40. The summed E-state index contributed by atoms with van der Waals surface area (Å²) < 4.78 is 5.54. The van der Waals surface area contributed by atoms with Crippen LogP contribution in [0.2, 0.25) is 0 Å². The molecule has 0 bridgehead atoms. The van der Waals surface area contributed by atoms with Crippen LogP contribution in [0.15, 0.2) is 41.1 Å². The molecular weight excluding hydrogens is 440 g/mol. The smallest absolute Gasteiger partial charge is 0.323 e. The number of aromatic nitrogens is 1. The third-order valence-electron chi connectivity index (χ3n) is 5.71. The first-order valence-electron chi connectivity index (χ1n) is 11.1. The molecule has 8 heteroatoms. The summed E-state index contributed by atoms with van der Waals surface area (Å²) in [5, 5.41) is 7.71. The number of hydrogen-bond acceptors (Lipinski definition) is 6. The number of aryl methyl sites for hydroxylation is 1. The number of nitrogens with one attached hydrogen (secondary N) is 1. The lowest BCUT2D eigenvalue weighted by Gasteiger charge is -2.34. The minimum absolute atomic E-state index is 0.0736. The molecule has 1 aliphatic heterocycles. The Morgan fingerprint density at radius 3 is 2.72 bits per heavy atom. The van der Waals surface area contributed by atoms with Crippen LogP contribution >= 0.6 is 22.7 Å². The zero-order valence-corrected chi connectivity index (χ0v) is 20.3. The van der Waals surface area contributed by atoms with E-state index in [0.717, 1.165) is 69.0 Å². The van der Waals surface area contributed by atoms with Crippen molar-refractivity contribution in [2.24, 2.45) is 0 Å². The molecule has 0 unspecified atom stereocenters. The second kappa shape index (κ2) is 10.9. The minimum atomic E-state index is -0.0736. The van der Waals surface area contributed by atoms with Crippen LogP contribution in [-0.4, -0.2) is 60.6 Å². The molecule has 0 radical (unpaired) electrons. The lowest BCUT2D eigenvalue weighted by atomic mass is 10.0. The van der Waals surface area contributed by atoms with Crippen molar-refractivity contribution >= 4 is 33.8 Å². The predicted molar refractivity (Wildman–Crippen MR) is 133 cm³/mol. The Labute approximate surface area is 197 Å². The van der Waals surface area contributed by atoms with Crippen molar-refractivity contribution in [3.05, 3.63) is 51.5 Å². The van der Waals surface area contributed by atoms with Gasteiger partial charge in [-0.2, -0.15) is 0 Å². The van der Waals surface area contributed by atoms with Crippen molar-refractivity contribution in [2.75, 3.05) is 45.2 Å². The number of carbonyl (C=O) groups excluding carboxylic acids is 1. The highest BCUT2D eigenvalue weighted by atomic mass is 32.1. The van der Waals surface area contributed by atoms with Gasteiger partial charge >= 0.3 is 6.03 Å². The molecule has 0 atom stereocenters. The number of rotatable bonds is 8. The Morgan fingerprint density at radius 2 is 2.00 bits per heavy atom. The normalized spacial score (nSPS) is 14.5. The van der Waals surface area contributed by atoms with Gasteiger partial charge in [-0.25, -0.2) is 9.78 Å². The monoisotopic (exact) mass is 470 g/mol. The molecule has 32 heavy (non-hydrogen) atoms. The van der Waals surface area contributed by atoms with Crippen molar-refractivity contribution in [3.63, 3.8) is 0 Å². The summed E-state index contributed by atoms with van der Waals surface area (Å²) in [7, 11) is 1.67. The third kappa shape index (κ3) is 5.68. The molecule has 2 amide bonds. The Kier molecular flexibility index (Phi) is 7.78. The summed E-state index contributed by atoms with van der Waals surface area (Å²) >= 11 is 3.26. The Morgan fingerprint density at radius 1 is 1.16 bits per heavy atom. The molecule has 3 heterocycles. The topological polar surface area (TPSA) is 57.7 Å². The summed E-state index contributed by atoms with van der Waals surface area (Å²) in [4.78, 5) is 23.2. The summed E-state index contributed by atoms with van der Waals surface area (Å²) in [6.07, 6.45) is 3.18. The van der Waals surface area contributed by atoms with E-state index in [1.807, 2.05) is 27.7 Å². The molecule has 0 spiro atoms. The quantitative estimate of drug-likeness (QED) is 0.490. The van der Waals surface area contributed by atoms with E-state index in [9.17, 15) is 4.79 Å². The van der Waals surface area contributed by atoms with E-state index in [1.54, 1.807) is 7.11 Å². The Balaban J connectivity index is 1.32. The van der Waals surface area contributed by atoms with E-state index in [0.29, 0.717) is 5.13 Å². The molecule has 4 rings (SSSR count). The Hall–Kier alpha value is -2.42. The first kappa shape index (κ1) is 22.8. The zero-order chi connectivity index (χ0) is 22.3. The van der Waals surface area contributed by atoms with Crippen molar-refractivity contribution in [1.82, 2.24) is 14.8 Å². The van der Waals surface area contributed by atoms with Crippen LogP contribution in [0.5, 0.6) is 5.75 Å². The molecule has 1 aromatic carbocycles. The lowest BCUT2D eigenvalue weighted by Crippen LogP contribution is -2.50. The fourth-order valence-electron chi connectivity index (χ4n) is 3.92. The van der Waals surface area contributed by atoms with E-state index in [-0.39, 0.29) is 6.03 Å². The van der Waals surface area contributed by atoms with Gasteiger partial charge < -0.3 is 9.64 Å². The molecule has 1 fully saturated rings. The average Bonchev–Trinajstić information content (AvgIpc) is 3.50. The van der Waals surface area contributed by atoms with Crippen molar-refractivity contribution in [2.45, 2.75) is 26.2 Å². The number of nitrogens with zero attached hydrogens (tertiary/aromatic N) is 3. The second-order valence-electron chi connectivity index (χ2n) is 7.91. The van der Waals surface area contributed by atoms with Crippen LogP contribution in [-0.2, 0) is 12.8 Å². The van der Waals surface area contributed by atoms with E-state index in [2.05, 4.69) is 51.8 Å². The van der Waals surface area contributed by atoms with Crippen LogP contribution in [0.1, 0.15) is 23.8 Å². The van der Waals surface area contributed by atoms with Crippen LogP contribution in [0, 0.1) is 0 Å². The van der Waals surface area contributed by atoms with E-state index < -0.39 is 0 Å². The van der Waals surface area contributed by atoms with Crippen LogP contribution in [0.4, 0.5) is 9.93 Å².